The Balaban J connectivity index is 1.42. The van der Waals surface area contributed by atoms with Crippen molar-refractivity contribution >= 4 is 15.9 Å². The molecule has 0 N–H and O–H groups in total. The van der Waals surface area contributed by atoms with E-state index in [9.17, 15) is 13.2 Å². The lowest BCUT2D eigenvalue weighted by Gasteiger charge is -2.34. The Hall–Kier alpha value is -2.22. The van der Waals surface area contributed by atoms with E-state index in [0.717, 1.165) is 32.2 Å². The summed E-state index contributed by atoms with van der Waals surface area (Å²) in [7, 11) is -1.80. The molecule has 2 aromatic rings. The minimum Gasteiger partial charge on any atom is -0.339 e. The van der Waals surface area contributed by atoms with Crippen molar-refractivity contribution in [3.8, 4) is 0 Å². The fourth-order valence-corrected chi connectivity index (χ4v) is 6.04. The van der Waals surface area contributed by atoms with E-state index < -0.39 is 10.0 Å². The van der Waals surface area contributed by atoms with Crippen LogP contribution in [0.1, 0.15) is 41.6 Å². The lowest BCUT2D eigenvalue weighted by atomic mass is 10.1. The molecule has 31 heavy (non-hydrogen) atoms. The zero-order valence-corrected chi connectivity index (χ0v) is 18.9. The normalized spacial score (nSPS) is 18.9. The molecular weight excluding hydrogens is 410 g/mol. The monoisotopic (exact) mass is 441 g/mol. The van der Waals surface area contributed by atoms with Gasteiger partial charge in [0.05, 0.1) is 4.90 Å². The van der Waals surface area contributed by atoms with Gasteiger partial charge in [-0.2, -0.15) is 4.31 Å². The third-order valence-corrected chi connectivity index (χ3v) is 8.39. The number of carbonyl (C=O) groups excluding carboxylic acids is 1. The molecule has 6 nitrogen and oxygen atoms in total. The first-order chi connectivity index (χ1) is 14.9. The average Bonchev–Trinajstić information content (AvgIpc) is 3.34. The van der Waals surface area contributed by atoms with E-state index in [1.807, 2.05) is 25.2 Å². The summed E-state index contributed by atoms with van der Waals surface area (Å²) in [6.45, 7) is 3.12. The maximum atomic E-state index is 13.2. The molecule has 1 saturated heterocycles. The number of rotatable bonds is 6. The summed E-state index contributed by atoms with van der Waals surface area (Å²) in [5.74, 6) is -0.100. The van der Waals surface area contributed by atoms with Crippen molar-refractivity contribution in [2.75, 3.05) is 33.2 Å². The summed E-state index contributed by atoms with van der Waals surface area (Å²) in [6, 6.07) is 17.0. The first-order valence-electron chi connectivity index (χ1n) is 11.1. The zero-order valence-electron chi connectivity index (χ0n) is 18.1. The first kappa shape index (κ1) is 22.0. The van der Waals surface area contributed by atoms with Gasteiger partial charge in [0.2, 0.25) is 10.0 Å². The molecule has 2 aliphatic rings. The molecule has 7 heteroatoms. The number of hydrogen-bond donors (Lipinski definition) is 0. The van der Waals surface area contributed by atoms with Crippen LogP contribution >= 0.6 is 0 Å². The van der Waals surface area contributed by atoms with Crippen LogP contribution in [0.5, 0.6) is 0 Å². The molecule has 1 heterocycles. The topological polar surface area (TPSA) is 60.9 Å². The molecule has 4 rings (SSSR count). The molecule has 1 saturated carbocycles. The van der Waals surface area contributed by atoms with E-state index in [4.69, 9.17) is 0 Å². The second-order valence-electron chi connectivity index (χ2n) is 8.55. The smallest absolute Gasteiger partial charge is 0.253 e. The summed E-state index contributed by atoms with van der Waals surface area (Å²) in [6.07, 6.45) is 4.33. The van der Waals surface area contributed by atoms with Gasteiger partial charge in [-0.1, -0.05) is 49.2 Å². The standard InChI is InChI=1S/C24H31N3O3S/c1-25(22-11-5-6-12-22)24(28)21-10-7-13-23(18-21)31(29,30)27-16-14-26(15-17-27)19-20-8-3-2-4-9-20/h2-4,7-10,13,18,22H,5-6,11-12,14-17,19H2,1H3. The van der Waals surface area contributed by atoms with Crippen LogP contribution in [-0.2, 0) is 16.6 Å². The van der Waals surface area contributed by atoms with E-state index in [1.54, 1.807) is 33.5 Å². The van der Waals surface area contributed by atoms with Gasteiger partial charge < -0.3 is 4.90 Å². The molecule has 0 spiro atoms. The van der Waals surface area contributed by atoms with Crippen molar-refractivity contribution in [3.05, 3.63) is 65.7 Å². The average molecular weight is 442 g/mol. The lowest BCUT2D eigenvalue weighted by Crippen LogP contribution is -2.48. The molecule has 2 aromatic carbocycles. The molecule has 0 unspecified atom stereocenters. The predicted octanol–water partition coefficient (Wildman–Crippen LogP) is 3.21. The summed E-state index contributed by atoms with van der Waals surface area (Å²) < 4.78 is 28.0. The van der Waals surface area contributed by atoms with Gasteiger partial charge in [0.1, 0.15) is 0 Å². The Bertz CT molecular complexity index is 996. The molecule has 0 radical (unpaired) electrons. The molecule has 0 atom stereocenters. The van der Waals surface area contributed by atoms with E-state index in [-0.39, 0.29) is 16.8 Å². The number of benzene rings is 2. The molecule has 0 bridgehead atoms. The highest BCUT2D eigenvalue weighted by molar-refractivity contribution is 7.89. The van der Waals surface area contributed by atoms with Crippen molar-refractivity contribution in [1.29, 1.82) is 0 Å². The molecule has 1 amide bonds. The van der Waals surface area contributed by atoms with E-state index in [1.165, 1.54) is 5.56 Å². The van der Waals surface area contributed by atoms with Crippen LogP contribution in [0.15, 0.2) is 59.5 Å². The lowest BCUT2D eigenvalue weighted by molar-refractivity contribution is 0.0735. The Labute approximate surface area is 185 Å². The van der Waals surface area contributed by atoms with Crippen LogP contribution in [0.25, 0.3) is 0 Å². The van der Waals surface area contributed by atoms with Crippen LogP contribution in [0.4, 0.5) is 0 Å². The molecule has 0 aromatic heterocycles. The number of hydrogen-bond acceptors (Lipinski definition) is 4. The van der Waals surface area contributed by atoms with Gasteiger partial charge in [-0.25, -0.2) is 8.42 Å². The Kier molecular flexibility index (Phi) is 6.74. The van der Waals surface area contributed by atoms with Crippen LogP contribution < -0.4 is 0 Å². The Morgan fingerprint density at radius 2 is 1.65 bits per heavy atom. The summed E-state index contributed by atoms with van der Waals surface area (Å²) in [5.41, 5.74) is 1.68. The Morgan fingerprint density at radius 3 is 2.32 bits per heavy atom. The van der Waals surface area contributed by atoms with Crippen LogP contribution in [0.3, 0.4) is 0 Å². The van der Waals surface area contributed by atoms with E-state index >= 15 is 0 Å². The maximum absolute atomic E-state index is 13.2. The van der Waals surface area contributed by atoms with Gasteiger partial charge in [-0.15, -0.1) is 0 Å². The summed E-state index contributed by atoms with van der Waals surface area (Å²) in [5, 5.41) is 0. The molecular formula is C24H31N3O3S. The van der Waals surface area contributed by atoms with Crippen molar-refractivity contribution in [2.45, 2.75) is 43.2 Å². The molecule has 1 aliphatic carbocycles. The van der Waals surface area contributed by atoms with Gasteiger partial charge >= 0.3 is 0 Å². The van der Waals surface area contributed by atoms with Crippen LogP contribution in [0, 0.1) is 0 Å². The Morgan fingerprint density at radius 1 is 0.968 bits per heavy atom. The van der Waals surface area contributed by atoms with Crippen LogP contribution in [-0.4, -0.2) is 67.7 Å². The predicted molar refractivity (Wildman–Crippen MR) is 121 cm³/mol. The SMILES string of the molecule is CN(C(=O)c1cccc(S(=O)(=O)N2CCN(Cc3ccccc3)CC2)c1)C1CCCC1. The van der Waals surface area contributed by atoms with Gasteiger partial charge in [-0.05, 0) is 36.6 Å². The zero-order chi connectivity index (χ0) is 21.8. The fraction of sp³-hybridized carbons (Fsp3) is 0.458. The highest BCUT2D eigenvalue weighted by Gasteiger charge is 2.30. The van der Waals surface area contributed by atoms with E-state index in [2.05, 4.69) is 17.0 Å². The second-order valence-corrected chi connectivity index (χ2v) is 10.5. The first-order valence-corrected chi connectivity index (χ1v) is 12.5. The third-order valence-electron chi connectivity index (χ3n) is 6.49. The largest absolute Gasteiger partial charge is 0.339 e. The minimum absolute atomic E-state index is 0.100. The third kappa shape index (κ3) is 5.00. The van der Waals surface area contributed by atoms with Crippen molar-refractivity contribution in [3.63, 3.8) is 0 Å². The van der Waals surface area contributed by atoms with Gasteiger partial charge in [0.15, 0.2) is 0 Å². The number of piperazine rings is 1. The maximum Gasteiger partial charge on any atom is 0.253 e. The van der Waals surface area contributed by atoms with E-state index in [0.29, 0.717) is 31.7 Å². The van der Waals surface area contributed by atoms with Crippen molar-refractivity contribution in [1.82, 2.24) is 14.1 Å². The molecule has 166 valence electrons. The summed E-state index contributed by atoms with van der Waals surface area (Å²) >= 11 is 0. The van der Waals surface area contributed by atoms with Crippen molar-refractivity contribution < 1.29 is 13.2 Å². The minimum atomic E-state index is -3.62. The number of amides is 1. The number of nitrogens with zero attached hydrogens (tertiary/aromatic N) is 3. The quantitative estimate of drug-likeness (QED) is 0.691. The summed E-state index contributed by atoms with van der Waals surface area (Å²) in [4.78, 5) is 17.2. The number of carbonyl (C=O) groups is 1. The van der Waals surface area contributed by atoms with Gasteiger partial charge in [-0.3, -0.25) is 9.69 Å². The molecule has 2 fully saturated rings. The van der Waals surface area contributed by atoms with Gasteiger partial charge in [0.25, 0.3) is 5.91 Å². The fourth-order valence-electron chi connectivity index (χ4n) is 4.57. The highest BCUT2D eigenvalue weighted by atomic mass is 32.2. The number of sulfonamides is 1. The molecule has 1 aliphatic heterocycles. The van der Waals surface area contributed by atoms with Crippen molar-refractivity contribution in [2.24, 2.45) is 0 Å². The highest BCUT2D eigenvalue weighted by Crippen LogP contribution is 2.25. The second kappa shape index (κ2) is 9.51. The van der Waals surface area contributed by atoms with Crippen LogP contribution in [0.2, 0.25) is 0 Å². The van der Waals surface area contributed by atoms with Gasteiger partial charge in [0, 0.05) is 51.4 Å².